The summed E-state index contributed by atoms with van der Waals surface area (Å²) in [5.41, 5.74) is 4.66. The first kappa shape index (κ1) is 62.4. The third-order valence-corrected chi connectivity index (χ3v) is 17.2. The number of sulfonamides is 2. The number of carbonyl (C=O) groups excluding carboxylic acids is 1. The number of anilines is 4. The zero-order chi connectivity index (χ0) is 61.1. The predicted octanol–water partition coefficient (Wildman–Crippen LogP) is 9.04. The van der Waals surface area contributed by atoms with Crippen molar-refractivity contribution in [2.24, 2.45) is 24.4 Å². The Bertz CT molecular complexity index is 3890. The Morgan fingerprint density at radius 1 is 0.682 bits per heavy atom. The molecule has 8 aromatic rings. The lowest BCUT2D eigenvalue weighted by molar-refractivity contribution is 0.00578. The number of amides is 1. The summed E-state index contributed by atoms with van der Waals surface area (Å²) in [4.78, 5) is 32.3. The van der Waals surface area contributed by atoms with Gasteiger partial charge in [0.2, 0.25) is 31.9 Å². The molecule has 7 heterocycles. The minimum absolute atomic E-state index is 0.0183. The van der Waals surface area contributed by atoms with Gasteiger partial charge in [-0.05, 0) is 169 Å². The minimum atomic E-state index is -3.77. The van der Waals surface area contributed by atoms with E-state index in [1.807, 2.05) is 86.9 Å². The molecule has 0 unspecified atom stereocenters. The molecule has 4 aromatic carbocycles. The van der Waals surface area contributed by atoms with Crippen molar-refractivity contribution in [3.8, 4) is 22.6 Å². The number of nitrogens with two attached hydrogens (primary N) is 2. The van der Waals surface area contributed by atoms with Crippen LogP contribution in [-0.4, -0.2) is 119 Å². The number of benzene rings is 4. The number of nitrogens with one attached hydrogen (secondary N) is 3. The van der Waals surface area contributed by atoms with Gasteiger partial charge in [-0.15, -0.1) is 0 Å². The van der Waals surface area contributed by atoms with E-state index in [2.05, 4.69) is 92.9 Å². The molecule has 11 rings (SSSR count). The molecule has 7 N–H and O–H groups in total. The Morgan fingerprint density at radius 3 is 1.65 bits per heavy atom. The molecule has 26 heteroatoms. The molecule has 22 nitrogen and oxygen atoms in total. The van der Waals surface area contributed by atoms with Crippen molar-refractivity contribution in [2.45, 2.75) is 113 Å². The smallest absolute Gasteiger partial charge is 0.487 e. The summed E-state index contributed by atoms with van der Waals surface area (Å²) in [6, 6.07) is 24.0. The Morgan fingerprint density at radius 2 is 1.16 bits per heavy atom. The SMILES string of the molecule is CC(C)(C)OC(=O)N1CCC(Oc2c(Br)ccc3cnc(Nc4ccc(S(N)(=O)=O)cc4)nc23)CC1.Cn1ccc(-c2ccc3cnc(Nc4ccc(S(N)(=O)=O)cc4)nc3c2OC2CCNCC2)c1.Cn1ccc(B2OC(C)(C)C(C)(C)O2)c1. The van der Waals surface area contributed by atoms with Crippen molar-refractivity contribution in [1.29, 1.82) is 0 Å². The molecule has 0 aliphatic carbocycles. The molecular formula is C59H72BBrN12O10S2. The third kappa shape index (κ3) is 15.8. The maximum absolute atomic E-state index is 12.4. The fourth-order valence-corrected chi connectivity index (χ4v) is 10.9. The lowest BCUT2D eigenvalue weighted by atomic mass is 9.81. The summed E-state index contributed by atoms with van der Waals surface area (Å²) in [5.74, 6) is 2.05. The Kier molecular flexibility index (Phi) is 18.7. The van der Waals surface area contributed by atoms with Gasteiger partial charge >= 0.3 is 13.2 Å². The van der Waals surface area contributed by atoms with E-state index in [1.165, 1.54) is 24.3 Å². The zero-order valence-electron chi connectivity index (χ0n) is 49.0. The van der Waals surface area contributed by atoms with Crippen molar-refractivity contribution in [3.05, 3.63) is 127 Å². The second-order valence-corrected chi connectivity index (χ2v) is 27.1. The number of hydrogen-bond acceptors (Lipinski definition) is 17. The quantitative estimate of drug-likeness (QED) is 0.0713. The second-order valence-electron chi connectivity index (χ2n) is 23.1. The van der Waals surface area contributed by atoms with E-state index in [0.717, 1.165) is 69.0 Å². The fourth-order valence-electron chi connectivity index (χ4n) is 9.45. The number of aryl methyl sites for hydroxylation is 2. The molecule has 0 radical (unpaired) electrons. The molecule has 0 bridgehead atoms. The van der Waals surface area contributed by atoms with Gasteiger partial charge in [-0.25, -0.2) is 51.8 Å². The predicted molar refractivity (Wildman–Crippen MR) is 332 cm³/mol. The maximum atomic E-state index is 12.4. The molecule has 3 aliphatic heterocycles. The number of halogens is 1. The van der Waals surface area contributed by atoms with Crippen LogP contribution in [0.5, 0.6) is 11.5 Å². The summed E-state index contributed by atoms with van der Waals surface area (Å²) in [6.45, 7) is 16.7. The highest BCUT2D eigenvalue weighted by atomic mass is 79.9. The fraction of sp³-hybridized carbons (Fsp3) is 0.373. The van der Waals surface area contributed by atoms with Crippen LogP contribution in [0.1, 0.15) is 74.1 Å². The van der Waals surface area contributed by atoms with Gasteiger partial charge < -0.3 is 53.5 Å². The molecule has 4 aromatic heterocycles. The van der Waals surface area contributed by atoms with Gasteiger partial charge in [0.25, 0.3) is 0 Å². The first-order valence-corrected chi connectivity index (χ1v) is 31.6. The topological polar surface area (TPSA) is 284 Å². The number of hydrogen-bond donors (Lipinski definition) is 5. The van der Waals surface area contributed by atoms with Crippen molar-refractivity contribution in [3.63, 3.8) is 0 Å². The Labute approximate surface area is 504 Å². The number of carbonyl (C=O) groups is 1. The van der Waals surface area contributed by atoms with Crippen molar-refractivity contribution >= 4 is 99.7 Å². The largest absolute Gasteiger partial charge is 0.496 e. The lowest BCUT2D eigenvalue weighted by Crippen LogP contribution is -2.44. The van der Waals surface area contributed by atoms with Gasteiger partial charge in [0, 0.05) is 116 Å². The van der Waals surface area contributed by atoms with Gasteiger partial charge in [0.05, 0.1) is 25.5 Å². The van der Waals surface area contributed by atoms with Crippen LogP contribution in [0, 0.1) is 0 Å². The van der Waals surface area contributed by atoms with E-state index in [-0.39, 0.29) is 46.4 Å². The number of rotatable bonds is 12. The second kappa shape index (κ2) is 25.4. The summed E-state index contributed by atoms with van der Waals surface area (Å²) in [6.07, 6.45) is 14.4. The van der Waals surface area contributed by atoms with Crippen LogP contribution in [0.25, 0.3) is 32.9 Å². The molecule has 0 atom stereocenters. The van der Waals surface area contributed by atoms with Crippen LogP contribution >= 0.6 is 15.9 Å². The molecule has 0 spiro atoms. The highest BCUT2D eigenvalue weighted by Crippen LogP contribution is 2.40. The van der Waals surface area contributed by atoms with Crippen molar-refractivity contribution in [1.82, 2.24) is 39.3 Å². The van der Waals surface area contributed by atoms with Crippen molar-refractivity contribution < 1.29 is 45.1 Å². The number of piperidine rings is 2. The average Bonchev–Trinajstić information content (AvgIpc) is 2.36. The molecule has 0 saturated carbocycles. The van der Waals surface area contributed by atoms with E-state index in [9.17, 15) is 21.6 Å². The number of ether oxygens (including phenoxy) is 3. The first-order chi connectivity index (χ1) is 40.1. The van der Waals surface area contributed by atoms with E-state index in [4.69, 9.17) is 38.8 Å². The summed E-state index contributed by atoms with van der Waals surface area (Å²) >= 11 is 3.57. The molecule has 450 valence electrons. The van der Waals surface area contributed by atoms with Gasteiger partial charge in [-0.3, -0.25) is 0 Å². The van der Waals surface area contributed by atoms with Gasteiger partial charge in [0.15, 0.2) is 11.5 Å². The third-order valence-electron chi connectivity index (χ3n) is 14.7. The number of fused-ring (bicyclic) bond motifs is 2. The first-order valence-electron chi connectivity index (χ1n) is 27.7. The highest BCUT2D eigenvalue weighted by molar-refractivity contribution is 9.10. The van der Waals surface area contributed by atoms with Crippen molar-refractivity contribution in [2.75, 3.05) is 36.8 Å². The standard InChI is InChI=1S/C24H28BrN5O5S.C24H26N6O3S.C11H18BNO2/c1-24(2,3)35-23(31)30-12-10-17(11-13-30)34-21-19(25)9-4-15-14-27-22(29-20(15)21)28-16-5-7-18(8-6-16)36(26,32)33;1-30-13-10-17(15-30)21-7-2-16-14-27-24(28-18-3-5-20(6-4-18)34(25,31)32)29-22(16)23(21)33-19-8-11-26-12-9-19;1-10(2)11(3,4)15-12(14-10)9-6-7-13(5)8-9/h4-9,14,17H,10-13H2,1-3H3,(H2,26,32,33)(H,27,28,29);2-7,10,13-15,19,26H,8-9,11-12H2,1H3,(H2,25,31,32)(H,27,28,29);6-8H,1-5H3. The number of nitrogens with zero attached hydrogens (tertiary/aromatic N) is 7. The van der Waals surface area contributed by atoms with Crippen LogP contribution in [0.15, 0.2) is 136 Å². The Hall–Kier alpha value is -7.17. The number of aromatic nitrogens is 6. The van der Waals surface area contributed by atoms with Gasteiger partial charge in [0.1, 0.15) is 28.8 Å². The molecule has 85 heavy (non-hydrogen) atoms. The lowest BCUT2D eigenvalue weighted by Gasteiger charge is -2.33. The minimum Gasteiger partial charge on any atom is -0.487 e. The van der Waals surface area contributed by atoms with Gasteiger partial charge in [-0.1, -0.05) is 6.07 Å². The molecule has 3 fully saturated rings. The summed E-state index contributed by atoms with van der Waals surface area (Å²) < 4.78 is 81.0. The normalized spacial score (nSPS) is 16.5. The molecule has 3 saturated heterocycles. The van der Waals surface area contributed by atoms with Gasteiger partial charge in [-0.2, -0.15) is 0 Å². The average molecular weight is 1260 g/mol. The molecular weight excluding hydrogens is 1190 g/mol. The van der Waals surface area contributed by atoms with E-state index in [0.29, 0.717) is 60.5 Å². The molecule has 3 aliphatic rings. The number of likely N-dealkylation sites (tertiary alicyclic amines) is 1. The van der Waals surface area contributed by atoms with Crippen LogP contribution in [0.4, 0.5) is 28.1 Å². The van der Waals surface area contributed by atoms with E-state index in [1.54, 1.807) is 41.6 Å². The zero-order valence-corrected chi connectivity index (χ0v) is 52.2. The number of primary sulfonamides is 2. The van der Waals surface area contributed by atoms with E-state index < -0.39 is 25.6 Å². The van der Waals surface area contributed by atoms with Crippen LogP contribution in [-0.2, 0) is 48.2 Å². The molecule has 1 amide bonds. The maximum Gasteiger partial charge on any atom is 0.496 e. The van der Waals surface area contributed by atoms with Crippen LogP contribution < -0.4 is 41.2 Å². The summed E-state index contributed by atoms with van der Waals surface area (Å²) in [7, 11) is -3.78. The van der Waals surface area contributed by atoms with E-state index >= 15 is 0 Å². The van der Waals surface area contributed by atoms with Crippen LogP contribution in [0.2, 0.25) is 0 Å². The van der Waals surface area contributed by atoms with Crippen LogP contribution in [0.3, 0.4) is 0 Å². The monoisotopic (exact) mass is 1260 g/mol. The summed E-state index contributed by atoms with van der Waals surface area (Å²) in [5, 5.41) is 21.6. The highest BCUT2D eigenvalue weighted by Gasteiger charge is 2.52. The Balaban J connectivity index is 0.000000165.